The number of carbonyl (C=O) groups excluding carboxylic acids is 1. The van der Waals surface area contributed by atoms with Gasteiger partial charge in [0.25, 0.3) is 0 Å². The maximum atomic E-state index is 11.6. The molecule has 0 aliphatic carbocycles. The van der Waals surface area contributed by atoms with Crippen LogP contribution in [0.5, 0.6) is 0 Å². The number of methoxy groups -OCH3 is 1. The topological polar surface area (TPSA) is 46.5 Å². The van der Waals surface area contributed by atoms with Crippen molar-refractivity contribution in [3.8, 4) is 0 Å². The van der Waals surface area contributed by atoms with Gasteiger partial charge in [-0.15, -0.1) is 6.58 Å². The fraction of sp³-hybridized carbons (Fsp3) is 0.308. The molecule has 1 N–H and O–H groups in total. The molecule has 3 heteroatoms. The number of esters is 1. The number of hydrogen-bond donors (Lipinski definition) is 1. The van der Waals surface area contributed by atoms with Crippen LogP contribution in [0.25, 0.3) is 0 Å². The van der Waals surface area contributed by atoms with Crippen molar-refractivity contribution in [1.29, 1.82) is 0 Å². The van der Waals surface area contributed by atoms with Crippen molar-refractivity contribution in [2.45, 2.75) is 18.9 Å². The molecule has 1 rings (SSSR count). The zero-order valence-electron chi connectivity index (χ0n) is 9.56. The number of rotatable bonds is 4. The number of ether oxygens (including phenoxy) is 1. The average Bonchev–Trinajstić information content (AvgIpc) is 2.28. The maximum absolute atomic E-state index is 11.6. The molecule has 3 nitrogen and oxygen atoms in total. The fourth-order valence-corrected chi connectivity index (χ4v) is 1.60. The van der Waals surface area contributed by atoms with E-state index >= 15 is 0 Å². The molecule has 0 aliphatic rings. The van der Waals surface area contributed by atoms with Crippen LogP contribution in [-0.2, 0) is 15.1 Å². The third-order valence-electron chi connectivity index (χ3n) is 2.46. The lowest BCUT2D eigenvalue weighted by atomic mass is 9.89. The standard InChI is InChI=1S/C13H16O3/c1-4-8-13(15,12(14)16-3)11-7-5-6-10(2)9-11/h4-7,9,15H,1,8H2,2-3H3/t13-/m1/s1. The Hall–Kier alpha value is -1.61. The highest BCUT2D eigenvalue weighted by Crippen LogP contribution is 2.27. The van der Waals surface area contributed by atoms with Crippen LogP contribution in [0.2, 0.25) is 0 Å². The smallest absolute Gasteiger partial charge is 0.342 e. The molecule has 0 heterocycles. The van der Waals surface area contributed by atoms with E-state index in [2.05, 4.69) is 11.3 Å². The molecule has 0 aliphatic heterocycles. The molecular formula is C13H16O3. The molecule has 0 unspecified atom stereocenters. The third kappa shape index (κ3) is 2.31. The Morgan fingerprint density at radius 1 is 1.62 bits per heavy atom. The summed E-state index contributed by atoms with van der Waals surface area (Å²) in [6.45, 7) is 5.44. The summed E-state index contributed by atoms with van der Waals surface area (Å²) in [6, 6.07) is 7.16. The van der Waals surface area contributed by atoms with E-state index in [1.54, 1.807) is 18.2 Å². The first-order valence-corrected chi connectivity index (χ1v) is 5.03. The summed E-state index contributed by atoms with van der Waals surface area (Å²) in [4.78, 5) is 11.6. The van der Waals surface area contributed by atoms with Gasteiger partial charge in [-0.05, 0) is 12.5 Å². The van der Waals surface area contributed by atoms with Crippen molar-refractivity contribution in [2.75, 3.05) is 7.11 Å². The first kappa shape index (κ1) is 12.5. The van der Waals surface area contributed by atoms with Crippen molar-refractivity contribution < 1.29 is 14.6 Å². The Balaban J connectivity index is 3.20. The third-order valence-corrected chi connectivity index (χ3v) is 2.46. The fourth-order valence-electron chi connectivity index (χ4n) is 1.60. The van der Waals surface area contributed by atoms with E-state index < -0.39 is 11.6 Å². The quantitative estimate of drug-likeness (QED) is 0.623. The van der Waals surface area contributed by atoms with E-state index in [0.29, 0.717) is 5.56 Å². The Labute approximate surface area is 95.4 Å². The number of carbonyl (C=O) groups is 1. The summed E-state index contributed by atoms with van der Waals surface area (Å²) < 4.78 is 4.63. The molecule has 1 aromatic rings. The molecular weight excluding hydrogens is 204 g/mol. The van der Waals surface area contributed by atoms with Crippen LogP contribution in [0.1, 0.15) is 17.5 Å². The highest BCUT2D eigenvalue weighted by Gasteiger charge is 2.37. The molecule has 0 saturated heterocycles. The molecule has 1 atom stereocenters. The van der Waals surface area contributed by atoms with Crippen molar-refractivity contribution in [3.05, 3.63) is 48.0 Å². The minimum absolute atomic E-state index is 0.128. The van der Waals surface area contributed by atoms with Gasteiger partial charge in [0, 0.05) is 6.42 Å². The summed E-state index contributed by atoms with van der Waals surface area (Å²) in [6.07, 6.45) is 1.63. The first-order chi connectivity index (χ1) is 7.54. The van der Waals surface area contributed by atoms with Gasteiger partial charge in [-0.2, -0.15) is 0 Å². The largest absolute Gasteiger partial charge is 0.467 e. The van der Waals surface area contributed by atoms with Gasteiger partial charge in [-0.1, -0.05) is 35.9 Å². The summed E-state index contributed by atoms with van der Waals surface area (Å²) in [5.74, 6) is -0.669. The molecule has 1 aromatic carbocycles. The van der Waals surface area contributed by atoms with Crippen LogP contribution in [0, 0.1) is 6.92 Å². The zero-order chi connectivity index (χ0) is 12.2. The van der Waals surface area contributed by atoms with Crippen LogP contribution < -0.4 is 0 Å². The highest BCUT2D eigenvalue weighted by molar-refractivity contribution is 5.81. The van der Waals surface area contributed by atoms with E-state index in [1.165, 1.54) is 13.2 Å². The molecule has 0 spiro atoms. The monoisotopic (exact) mass is 220 g/mol. The summed E-state index contributed by atoms with van der Waals surface area (Å²) in [5, 5.41) is 10.3. The molecule has 86 valence electrons. The Morgan fingerprint density at radius 2 is 2.31 bits per heavy atom. The predicted molar refractivity (Wildman–Crippen MR) is 61.9 cm³/mol. The Morgan fingerprint density at radius 3 is 2.81 bits per heavy atom. The van der Waals surface area contributed by atoms with Crippen LogP contribution in [0.4, 0.5) is 0 Å². The van der Waals surface area contributed by atoms with Gasteiger partial charge >= 0.3 is 5.97 Å². The van der Waals surface area contributed by atoms with E-state index in [-0.39, 0.29) is 6.42 Å². The van der Waals surface area contributed by atoms with Crippen LogP contribution in [-0.4, -0.2) is 18.2 Å². The van der Waals surface area contributed by atoms with Gasteiger partial charge in [-0.25, -0.2) is 4.79 Å². The Kier molecular flexibility index (Phi) is 3.85. The zero-order valence-corrected chi connectivity index (χ0v) is 9.56. The van der Waals surface area contributed by atoms with Crippen molar-refractivity contribution in [1.82, 2.24) is 0 Å². The van der Waals surface area contributed by atoms with E-state index in [0.717, 1.165) is 5.56 Å². The SMILES string of the molecule is C=CC[C@](O)(C(=O)OC)c1cccc(C)c1. The lowest BCUT2D eigenvalue weighted by molar-refractivity contribution is -0.163. The second-order valence-corrected chi connectivity index (χ2v) is 3.71. The molecule has 0 fully saturated rings. The Bertz CT molecular complexity index is 398. The van der Waals surface area contributed by atoms with Gasteiger partial charge in [0.2, 0.25) is 0 Å². The number of aliphatic hydroxyl groups is 1. The average molecular weight is 220 g/mol. The van der Waals surface area contributed by atoms with Gasteiger partial charge < -0.3 is 9.84 Å². The minimum atomic E-state index is -1.64. The van der Waals surface area contributed by atoms with E-state index in [9.17, 15) is 9.90 Å². The molecule has 0 amide bonds. The van der Waals surface area contributed by atoms with Gasteiger partial charge in [0.15, 0.2) is 5.60 Å². The molecule has 0 radical (unpaired) electrons. The van der Waals surface area contributed by atoms with E-state index in [4.69, 9.17) is 0 Å². The van der Waals surface area contributed by atoms with Crippen molar-refractivity contribution in [3.63, 3.8) is 0 Å². The molecule has 0 aromatic heterocycles. The van der Waals surface area contributed by atoms with Gasteiger partial charge in [0.1, 0.15) is 0 Å². The van der Waals surface area contributed by atoms with Crippen LogP contribution >= 0.6 is 0 Å². The van der Waals surface area contributed by atoms with Gasteiger partial charge in [-0.3, -0.25) is 0 Å². The molecule has 0 bridgehead atoms. The second-order valence-electron chi connectivity index (χ2n) is 3.71. The van der Waals surface area contributed by atoms with Gasteiger partial charge in [0.05, 0.1) is 7.11 Å². The lowest BCUT2D eigenvalue weighted by Gasteiger charge is -2.24. The van der Waals surface area contributed by atoms with Crippen molar-refractivity contribution >= 4 is 5.97 Å². The summed E-state index contributed by atoms with van der Waals surface area (Å²) in [5.41, 5.74) is -0.133. The minimum Gasteiger partial charge on any atom is -0.467 e. The molecule has 16 heavy (non-hydrogen) atoms. The summed E-state index contributed by atoms with van der Waals surface area (Å²) in [7, 11) is 1.26. The number of aryl methyl sites for hydroxylation is 1. The van der Waals surface area contributed by atoms with E-state index in [1.807, 2.05) is 13.0 Å². The second kappa shape index (κ2) is 4.94. The highest BCUT2D eigenvalue weighted by atomic mass is 16.5. The summed E-state index contributed by atoms with van der Waals surface area (Å²) >= 11 is 0. The van der Waals surface area contributed by atoms with Crippen LogP contribution in [0.3, 0.4) is 0 Å². The number of hydrogen-bond acceptors (Lipinski definition) is 3. The maximum Gasteiger partial charge on any atom is 0.342 e. The van der Waals surface area contributed by atoms with Crippen molar-refractivity contribution in [2.24, 2.45) is 0 Å². The first-order valence-electron chi connectivity index (χ1n) is 5.03. The predicted octanol–water partition coefficient (Wildman–Crippen LogP) is 1.93. The normalized spacial score (nSPS) is 13.9. The molecule has 0 saturated carbocycles. The number of benzene rings is 1. The van der Waals surface area contributed by atoms with Crippen LogP contribution in [0.15, 0.2) is 36.9 Å². The lowest BCUT2D eigenvalue weighted by Crippen LogP contribution is -2.36.